The van der Waals surface area contributed by atoms with Crippen molar-refractivity contribution < 1.29 is 14.0 Å². The van der Waals surface area contributed by atoms with Crippen LogP contribution in [0.5, 0.6) is 0 Å². The van der Waals surface area contributed by atoms with Crippen LogP contribution in [-0.4, -0.2) is 22.4 Å². The lowest BCUT2D eigenvalue weighted by Gasteiger charge is -2.31. The highest BCUT2D eigenvalue weighted by atomic mass is 35.5. The van der Waals surface area contributed by atoms with Gasteiger partial charge in [-0.1, -0.05) is 30.5 Å². The molecule has 2 fully saturated rings. The molecule has 3 rings (SSSR count). The van der Waals surface area contributed by atoms with E-state index in [-0.39, 0.29) is 17.5 Å². The number of carbonyl (C=O) groups excluding carboxylic acids is 2. The van der Waals surface area contributed by atoms with Crippen molar-refractivity contribution in [2.75, 3.05) is 0 Å². The van der Waals surface area contributed by atoms with E-state index >= 15 is 0 Å². The summed E-state index contributed by atoms with van der Waals surface area (Å²) in [4.78, 5) is 25.6. The maximum atomic E-state index is 13.1. The Hall–Kier alpha value is -1.62. The molecule has 0 atom stereocenters. The Morgan fingerprint density at radius 3 is 2.65 bits per heavy atom. The van der Waals surface area contributed by atoms with Gasteiger partial charge in [0.05, 0.1) is 0 Å². The number of imide groups is 1. The third kappa shape index (κ3) is 1.97. The second-order valence-electron chi connectivity index (χ2n) is 5.32. The van der Waals surface area contributed by atoms with Gasteiger partial charge in [-0.25, -0.2) is 9.18 Å². The highest BCUT2D eigenvalue weighted by Gasteiger charge is 2.53. The van der Waals surface area contributed by atoms with Crippen molar-refractivity contribution in [3.63, 3.8) is 0 Å². The van der Waals surface area contributed by atoms with E-state index in [4.69, 9.17) is 11.6 Å². The topological polar surface area (TPSA) is 49.4 Å². The highest BCUT2D eigenvalue weighted by Crippen LogP contribution is 2.39. The van der Waals surface area contributed by atoms with Gasteiger partial charge in [0.25, 0.3) is 5.91 Å². The molecular formula is C14H14ClFN2O2. The van der Waals surface area contributed by atoms with E-state index in [1.807, 2.05) is 0 Å². The zero-order valence-electron chi connectivity index (χ0n) is 10.8. The number of nitrogens with one attached hydrogen (secondary N) is 1. The van der Waals surface area contributed by atoms with E-state index in [0.717, 1.165) is 12.8 Å². The molecule has 6 heteroatoms. The van der Waals surface area contributed by atoms with Gasteiger partial charge >= 0.3 is 6.03 Å². The maximum absolute atomic E-state index is 13.1. The fourth-order valence-corrected chi connectivity index (χ4v) is 3.33. The molecule has 1 saturated heterocycles. The third-order valence-electron chi connectivity index (χ3n) is 4.18. The normalized spacial score (nSPS) is 20.8. The molecule has 1 aromatic rings. The minimum Gasteiger partial charge on any atom is -0.305 e. The first-order valence-corrected chi connectivity index (χ1v) is 6.98. The Balaban J connectivity index is 1.92. The largest absolute Gasteiger partial charge is 0.325 e. The SMILES string of the molecule is O=C1NC(=O)C2(CCCC2)N1Cc1ccc(F)cc1Cl. The van der Waals surface area contributed by atoms with Crippen LogP contribution in [0.4, 0.5) is 9.18 Å². The molecule has 1 heterocycles. The monoisotopic (exact) mass is 296 g/mol. The average Bonchev–Trinajstić information content (AvgIpc) is 2.95. The summed E-state index contributed by atoms with van der Waals surface area (Å²) < 4.78 is 13.1. The number of rotatable bonds is 2. The molecule has 1 N–H and O–H groups in total. The summed E-state index contributed by atoms with van der Waals surface area (Å²) in [5.41, 5.74) is -0.0985. The fraction of sp³-hybridized carbons (Fsp3) is 0.429. The molecule has 0 aromatic heterocycles. The van der Waals surface area contributed by atoms with Gasteiger partial charge in [0, 0.05) is 11.6 Å². The molecule has 4 nitrogen and oxygen atoms in total. The van der Waals surface area contributed by atoms with Crippen molar-refractivity contribution >= 4 is 23.5 Å². The number of benzene rings is 1. The minimum atomic E-state index is -0.741. The number of carbonyl (C=O) groups is 2. The molecule has 1 spiro atoms. The fourth-order valence-electron chi connectivity index (χ4n) is 3.10. The molecule has 0 unspecified atom stereocenters. The van der Waals surface area contributed by atoms with E-state index in [2.05, 4.69) is 5.32 Å². The van der Waals surface area contributed by atoms with Crippen LogP contribution in [0.1, 0.15) is 31.2 Å². The summed E-state index contributed by atoms with van der Waals surface area (Å²) in [5.74, 6) is -0.644. The first-order valence-electron chi connectivity index (χ1n) is 6.60. The molecule has 1 saturated carbocycles. The van der Waals surface area contributed by atoms with Crippen molar-refractivity contribution in [3.05, 3.63) is 34.6 Å². The Morgan fingerprint density at radius 1 is 1.30 bits per heavy atom. The number of urea groups is 1. The molecular weight excluding hydrogens is 283 g/mol. The van der Waals surface area contributed by atoms with Crippen LogP contribution < -0.4 is 5.32 Å². The highest BCUT2D eigenvalue weighted by molar-refractivity contribution is 6.31. The second-order valence-corrected chi connectivity index (χ2v) is 5.73. The molecule has 1 aliphatic heterocycles. The molecule has 106 valence electrons. The van der Waals surface area contributed by atoms with Crippen LogP contribution in [0.15, 0.2) is 18.2 Å². The summed E-state index contributed by atoms with van der Waals surface area (Å²) >= 11 is 6.00. The van der Waals surface area contributed by atoms with Gasteiger partial charge in [0.1, 0.15) is 11.4 Å². The van der Waals surface area contributed by atoms with E-state index in [0.29, 0.717) is 18.4 Å². The van der Waals surface area contributed by atoms with Gasteiger partial charge in [-0.2, -0.15) is 0 Å². The van der Waals surface area contributed by atoms with Crippen molar-refractivity contribution in [2.24, 2.45) is 0 Å². The molecule has 2 aliphatic rings. The van der Waals surface area contributed by atoms with Gasteiger partial charge in [-0.05, 0) is 30.5 Å². The molecule has 0 bridgehead atoms. The minimum absolute atomic E-state index is 0.219. The summed E-state index contributed by atoms with van der Waals surface area (Å²) in [5, 5.41) is 2.65. The number of halogens is 2. The van der Waals surface area contributed by atoms with E-state index in [1.54, 1.807) is 11.0 Å². The van der Waals surface area contributed by atoms with Gasteiger partial charge < -0.3 is 4.90 Å². The number of hydrogen-bond acceptors (Lipinski definition) is 2. The zero-order chi connectivity index (χ0) is 14.3. The average molecular weight is 297 g/mol. The van der Waals surface area contributed by atoms with Crippen LogP contribution in [0.25, 0.3) is 0 Å². The zero-order valence-corrected chi connectivity index (χ0v) is 11.5. The quantitative estimate of drug-likeness (QED) is 0.853. The van der Waals surface area contributed by atoms with Gasteiger partial charge in [-0.3, -0.25) is 10.1 Å². The van der Waals surface area contributed by atoms with Crippen molar-refractivity contribution in [3.8, 4) is 0 Å². The summed E-state index contributed by atoms with van der Waals surface area (Å²) in [6.45, 7) is 0.219. The van der Waals surface area contributed by atoms with Crippen LogP contribution in [0.3, 0.4) is 0 Å². The predicted molar refractivity (Wildman–Crippen MR) is 71.7 cm³/mol. The second kappa shape index (κ2) is 4.74. The molecule has 3 amide bonds. The Labute approximate surface area is 120 Å². The van der Waals surface area contributed by atoms with Gasteiger partial charge in [-0.15, -0.1) is 0 Å². The Morgan fingerprint density at radius 2 is 2.00 bits per heavy atom. The van der Waals surface area contributed by atoms with E-state index < -0.39 is 17.4 Å². The lowest BCUT2D eigenvalue weighted by molar-refractivity contribution is -0.126. The third-order valence-corrected chi connectivity index (χ3v) is 4.53. The van der Waals surface area contributed by atoms with Gasteiger partial charge in [0.15, 0.2) is 0 Å². The molecule has 20 heavy (non-hydrogen) atoms. The number of nitrogens with zero attached hydrogens (tertiary/aromatic N) is 1. The molecule has 1 aromatic carbocycles. The maximum Gasteiger partial charge on any atom is 0.325 e. The van der Waals surface area contributed by atoms with Crippen molar-refractivity contribution in [1.82, 2.24) is 10.2 Å². The number of amides is 3. The summed E-state index contributed by atoms with van der Waals surface area (Å²) in [6, 6.07) is 3.68. The van der Waals surface area contributed by atoms with E-state index in [9.17, 15) is 14.0 Å². The van der Waals surface area contributed by atoms with E-state index in [1.165, 1.54) is 12.1 Å². The van der Waals surface area contributed by atoms with Crippen molar-refractivity contribution in [1.29, 1.82) is 0 Å². The van der Waals surface area contributed by atoms with Crippen LogP contribution in [0.2, 0.25) is 5.02 Å². The van der Waals surface area contributed by atoms with Gasteiger partial charge in [0.2, 0.25) is 0 Å². The van der Waals surface area contributed by atoms with Crippen molar-refractivity contribution in [2.45, 2.75) is 37.8 Å². The van der Waals surface area contributed by atoms with Crippen LogP contribution in [-0.2, 0) is 11.3 Å². The molecule has 0 radical (unpaired) electrons. The smallest absolute Gasteiger partial charge is 0.305 e. The lowest BCUT2D eigenvalue weighted by atomic mass is 9.95. The predicted octanol–water partition coefficient (Wildman–Crippen LogP) is 2.84. The summed E-state index contributed by atoms with van der Waals surface area (Å²) in [7, 11) is 0. The Bertz CT molecular complexity index is 585. The number of hydrogen-bond donors (Lipinski definition) is 1. The molecule has 1 aliphatic carbocycles. The first kappa shape index (κ1) is 13.4. The van der Waals surface area contributed by atoms with Crippen LogP contribution in [0, 0.1) is 5.82 Å². The first-order chi connectivity index (χ1) is 9.53. The standard InChI is InChI=1S/C14H14ClFN2O2/c15-11-7-10(16)4-3-9(11)8-18-13(20)17-12(19)14(18)5-1-2-6-14/h3-4,7H,1-2,5-6,8H2,(H,17,19,20). The summed E-state index contributed by atoms with van der Waals surface area (Å²) in [6.07, 6.45) is 3.19. The Kier molecular flexibility index (Phi) is 3.17. The lowest BCUT2D eigenvalue weighted by Crippen LogP contribution is -2.46. The van der Waals surface area contributed by atoms with Crippen LogP contribution >= 0.6 is 11.6 Å².